The molecule has 1 aromatic heterocycles. The second-order valence-electron chi connectivity index (χ2n) is 6.08. The van der Waals surface area contributed by atoms with Gasteiger partial charge in [0.2, 0.25) is 5.91 Å². The van der Waals surface area contributed by atoms with Crippen molar-refractivity contribution in [2.45, 2.75) is 6.42 Å². The van der Waals surface area contributed by atoms with Crippen molar-refractivity contribution in [2.24, 2.45) is 0 Å². The summed E-state index contributed by atoms with van der Waals surface area (Å²) in [7, 11) is 0. The first-order valence-corrected chi connectivity index (χ1v) is 8.65. The fraction of sp³-hybridized carbons (Fsp3) is 0.316. The molecule has 7 heteroatoms. The van der Waals surface area contributed by atoms with Gasteiger partial charge in [-0.1, -0.05) is 18.2 Å². The number of phenolic OH excluding ortho intramolecular Hbond substituents is 1. The maximum absolute atomic E-state index is 12.3. The molecule has 2 heterocycles. The number of amides is 2. The molecule has 2 amide bonds. The fourth-order valence-electron chi connectivity index (χ4n) is 2.93. The third-order valence-electron chi connectivity index (χ3n) is 4.38. The second-order valence-corrected chi connectivity index (χ2v) is 6.08. The summed E-state index contributed by atoms with van der Waals surface area (Å²) < 4.78 is 0. The lowest BCUT2D eigenvalue weighted by Gasteiger charge is -2.35. The second kappa shape index (κ2) is 8.33. The van der Waals surface area contributed by atoms with E-state index >= 15 is 0 Å². The Bertz CT molecular complexity index is 758. The molecule has 0 saturated carbocycles. The monoisotopic (exact) mass is 354 g/mol. The van der Waals surface area contributed by atoms with Crippen molar-refractivity contribution in [3.8, 4) is 5.75 Å². The largest absolute Gasteiger partial charge is 0.507 e. The number of nitrogens with one attached hydrogen (secondary N) is 1. The van der Waals surface area contributed by atoms with Crippen LogP contribution in [0.4, 0.5) is 5.82 Å². The minimum atomic E-state index is -0.379. The number of benzene rings is 1. The summed E-state index contributed by atoms with van der Waals surface area (Å²) in [6.07, 6.45) is 2.00. The van der Waals surface area contributed by atoms with Gasteiger partial charge in [0.25, 0.3) is 5.91 Å². The van der Waals surface area contributed by atoms with Crippen LogP contribution in [0.25, 0.3) is 0 Å². The van der Waals surface area contributed by atoms with E-state index in [2.05, 4.69) is 15.2 Å². The molecule has 7 nitrogen and oxygen atoms in total. The van der Waals surface area contributed by atoms with Crippen molar-refractivity contribution >= 4 is 17.6 Å². The average molecular weight is 354 g/mol. The Morgan fingerprint density at radius 1 is 1.04 bits per heavy atom. The lowest BCUT2D eigenvalue weighted by atomic mass is 10.2. The Morgan fingerprint density at radius 3 is 2.46 bits per heavy atom. The first-order chi connectivity index (χ1) is 12.6. The Hall–Kier alpha value is -3.09. The summed E-state index contributed by atoms with van der Waals surface area (Å²) in [6, 6.07) is 12.1. The van der Waals surface area contributed by atoms with E-state index in [1.165, 1.54) is 6.07 Å². The van der Waals surface area contributed by atoms with Gasteiger partial charge in [0, 0.05) is 45.3 Å². The maximum atomic E-state index is 12.3. The topological polar surface area (TPSA) is 85.8 Å². The summed E-state index contributed by atoms with van der Waals surface area (Å²) in [6.45, 7) is 3.01. The van der Waals surface area contributed by atoms with Crippen molar-refractivity contribution in [3.05, 3.63) is 54.2 Å². The number of anilines is 1. The summed E-state index contributed by atoms with van der Waals surface area (Å²) >= 11 is 0. The number of hydrogen-bond acceptors (Lipinski definition) is 5. The first-order valence-electron chi connectivity index (χ1n) is 8.65. The molecule has 26 heavy (non-hydrogen) atoms. The number of carbonyl (C=O) groups is 2. The Kier molecular flexibility index (Phi) is 5.68. The molecule has 2 aromatic rings. The molecule has 2 N–H and O–H groups in total. The molecule has 0 atom stereocenters. The minimum absolute atomic E-state index is 0.0169. The van der Waals surface area contributed by atoms with Crippen LogP contribution in [0.3, 0.4) is 0 Å². The molecule has 0 radical (unpaired) electrons. The number of aromatic nitrogens is 1. The highest BCUT2D eigenvalue weighted by molar-refractivity contribution is 5.96. The van der Waals surface area contributed by atoms with E-state index in [1.807, 2.05) is 23.1 Å². The van der Waals surface area contributed by atoms with Crippen LogP contribution in [-0.2, 0) is 4.79 Å². The van der Waals surface area contributed by atoms with Gasteiger partial charge in [-0.25, -0.2) is 4.98 Å². The van der Waals surface area contributed by atoms with Gasteiger partial charge < -0.3 is 20.2 Å². The molecule has 1 aromatic carbocycles. The molecular weight excluding hydrogens is 332 g/mol. The number of rotatable bonds is 5. The molecule has 0 aliphatic carbocycles. The van der Waals surface area contributed by atoms with E-state index in [0.29, 0.717) is 13.1 Å². The third-order valence-corrected chi connectivity index (χ3v) is 4.38. The van der Waals surface area contributed by atoms with E-state index in [1.54, 1.807) is 24.4 Å². The lowest BCUT2D eigenvalue weighted by Crippen LogP contribution is -2.49. The lowest BCUT2D eigenvalue weighted by molar-refractivity contribution is -0.131. The Labute approximate surface area is 152 Å². The molecule has 1 fully saturated rings. The molecule has 1 saturated heterocycles. The van der Waals surface area contributed by atoms with Crippen molar-refractivity contribution in [3.63, 3.8) is 0 Å². The number of hydrogen-bond donors (Lipinski definition) is 2. The van der Waals surface area contributed by atoms with Gasteiger partial charge in [-0.15, -0.1) is 0 Å². The fourth-order valence-corrected chi connectivity index (χ4v) is 2.93. The summed E-state index contributed by atoms with van der Waals surface area (Å²) in [5, 5.41) is 12.3. The molecule has 1 aliphatic rings. The molecule has 1 aliphatic heterocycles. The number of phenols is 1. The standard InChI is InChI=1S/C19H22N4O3/c24-16-6-2-1-5-15(16)19(26)21-10-8-18(25)23-13-11-22(12-14-23)17-7-3-4-9-20-17/h1-7,9,24H,8,10-14H2,(H,21,26). The number of para-hydroxylation sites is 1. The van der Waals surface area contributed by atoms with Crippen molar-refractivity contribution in [2.75, 3.05) is 37.6 Å². The van der Waals surface area contributed by atoms with Gasteiger partial charge >= 0.3 is 0 Å². The molecule has 0 unspecified atom stereocenters. The highest BCUT2D eigenvalue weighted by Crippen LogP contribution is 2.15. The van der Waals surface area contributed by atoms with Crippen LogP contribution in [0.2, 0.25) is 0 Å². The van der Waals surface area contributed by atoms with E-state index in [4.69, 9.17) is 0 Å². The van der Waals surface area contributed by atoms with Crippen LogP contribution in [-0.4, -0.2) is 59.5 Å². The van der Waals surface area contributed by atoms with Gasteiger partial charge in [0.1, 0.15) is 11.6 Å². The Balaban J connectivity index is 1.42. The van der Waals surface area contributed by atoms with Crippen LogP contribution in [0.1, 0.15) is 16.8 Å². The number of carbonyl (C=O) groups excluding carboxylic acids is 2. The zero-order valence-corrected chi connectivity index (χ0v) is 14.5. The van der Waals surface area contributed by atoms with E-state index in [0.717, 1.165) is 18.9 Å². The number of aromatic hydroxyl groups is 1. The molecule has 0 spiro atoms. The van der Waals surface area contributed by atoms with Crippen LogP contribution in [0.15, 0.2) is 48.7 Å². The van der Waals surface area contributed by atoms with Gasteiger partial charge in [0.05, 0.1) is 5.56 Å². The van der Waals surface area contributed by atoms with E-state index in [-0.39, 0.29) is 36.1 Å². The van der Waals surface area contributed by atoms with Crippen molar-refractivity contribution in [1.82, 2.24) is 15.2 Å². The minimum Gasteiger partial charge on any atom is -0.507 e. The maximum Gasteiger partial charge on any atom is 0.255 e. The quantitative estimate of drug-likeness (QED) is 0.844. The summed E-state index contributed by atoms with van der Waals surface area (Å²) in [5.41, 5.74) is 0.212. The zero-order valence-electron chi connectivity index (χ0n) is 14.5. The normalized spacial score (nSPS) is 14.2. The van der Waals surface area contributed by atoms with Crippen LogP contribution in [0.5, 0.6) is 5.75 Å². The SMILES string of the molecule is O=C(NCCC(=O)N1CCN(c2ccccn2)CC1)c1ccccc1O. The van der Waals surface area contributed by atoms with Crippen LogP contribution < -0.4 is 10.2 Å². The van der Waals surface area contributed by atoms with Gasteiger partial charge in [-0.2, -0.15) is 0 Å². The highest BCUT2D eigenvalue weighted by atomic mass is 16.3. The first kappa shape index (κ1) is 17.7. The number of piperazine rings is 1. The third kappa shape index (κ3) is 4.30. The molecule has 3 rings (SSSR count). The highest BCUT2D eigenvalue weighted by Gasteiger charge is 2.21. The van der Waals surface area contributed by atoms with E-state index < -0.39 is 0 Å². The van der Waals surface area contributed by atoms with E-state index in [9.17, 15) is 14.7 Å². The molecule has 136 valence electrons. The smallest absolute Gasteiger partial charge is 0.255 e. The van der Waals surface area contributed by atoms with Crippen LogP contribution >= 0.6 is 0 Å². The molecule has 0 bridgehead atoms. The summed E-state index contributed by atoms with van der Waals surface area (Å²) in [4.78, 5) is 32.6. The van der Waals surface area contributed by atoms with Gasteiger partial charge in [-0.3, -0.25) is 9.59 Å². The van der Waals surface area contributed by atoms with Gasteiger partial charge in [-0.05, 0) is 24.3 Å². The average Bonchev–Trinajstić information content (AvgIpc) is 2.69. The predicted molar refractivity (Wildman–Crippen MR) is 98.1 cm³/mol. The summed E-state index contributed by atoms with van der Waals surface area (Å²) in [5.74, 6) is 0.496. The van der Waals surface area contributed by atoms with Crippen molar-refractivity contribution < 1.29 is 14.7 Å². The van der Waals surface area contributed by atoms with Crippen molar-refractivity contribution in [1.29, 1.82) is 0 Å². The zero-order chi connectivity index (χ0) is 18.4. The predicted octanol–water partition coefficient (Wildman–Crippen LogP) is 1.26. The van der Waals surface area contributed by atoms with Gasteiger partial charge in [0.15, 0.2) is 0 Å². The van der Waals surface area contributed by atoms with Crippen LogP contribution in [0, 0.1) is 0 Å². The number of nitrogens with zero attached hydrogens (tertiary/aromatic N) is 3. The molecular formula is C19H22N4O3. The number of pyridine rings is 1. The Morgan fingerprint density at radius 2 is 1.77 bits per heavy atom.